The number of rotatable bonds is 8. The first-order valence-corrected chi connectivity index (χ1v) is 12.9. The number of aromatic nitrogens is 2. The van der Waals surface area contributed by atoms with E-state index in [2.05, 4.69) is 31.2 Å². The van der Waals surface area contributed by atoms with Crippen LogP contribution < -0.4 is 10.2 Å². The highest BCUT2D eigenvalue weighted by Crippen LogP contribution is 2.25. The molecule has 0 unspecified atom stereocenters. The van der Waals surface area contributed by atoms with Gasteiger partial charge >= 0.3 is 0 Å². The Labute approximate surface area is 205 Å². The summed E-state index contributed by atoms with van der Waals surface area (Å²) in [6.45, 7) is 0.740. The summed E-state index contributed by atoms with van der Waals surface area (Å²) < 4.78 is 30.7. The molecule has 0 saturated heterocycles. The van der Waals surface area contributed by atoms with Gasteiger partial charge in [-0.25, -0.2) is 18.4 Å². The molecule has 0 radical (unpaired) electrons. The van der Waals surface area contributed by atoms with Crippen molar-refractivity contribution in [2.75, 3.05) is 16.5 Å². The Bertz CT molecular complexity index is 1380. The first-order chi connectivity index (χ1) is 16.3. The normalized spacial score (nSPS) is 11.2. The number of nitrogens with zero attached hydrogens (tertiary/aromatic N) is 3. The van der Waals surface area contributed by atoms with Gasteiger partial charge in [-0.05, 0) is 42.0 Å². The molecule has 174 valence electrons. The molecule has 0 bridgehead atoms. The maximum atomic E-state index is 13.3. The van der Waals surface area contributed by atoms with Crippen LogP contribution >= 0.6 is 15.9 Å². The summed E-state index contributed by atoms with van der Waals surface area (Å²) in [4.78, 5) is 23.4. The molecule has 0 aliphatic rings. The smallest absolute Gasteiger partial charge is 0.276 e. The molecule has 10 heteroatoms. The number of carbonyl (C=O) groups is 1. The van der Waals surface area contributed by atoms with Crippen LogP contribution in [-0.4, -0.2) is 30.5 Å². The SMILES string of the molecule is CS(=O)(=O)c1ncc(N(Cc2ccccc2)Cc2ccco2)c(C(=O)Nc2ccc(Br)cc2)n1. The summed E-state index contributed by atoms with van der Waals surface area (Å²) in [6.07, 6.45) is 3.94. The summed E-state index contributed by atoms with van der Waals surface area (Å²) in [6, 6.07) is 20.3. The molecular formula is C24H21BrN4O4S. The van der Waals surface area contributed by atoms with Gasteiger partial charge in [0.05, 0.1) is 24.7 Å². The van der Waals surface area contributed by atoms with Gasteiger partial charge in [0.1, 0.15) is 5.76 Å². The number of furan rings is 1. The summed E-state index contributed by atoms with van der Waals surface area (Å²) in [5.74, 6) is 0.115. The van der Waals surface area contributed by atoms with Gasteiger partial charge in [0.15, 0.2) is 5.69 Å². The van der Waals surface area contributed by atoms with Gasteiger partial charge in [-0.3, -0.25) is 4.79 Å². The number of benzene rings is 2. The van der Waals surface area contributed by atoms with E-state index in [4.69, 9.17) is 4.42 Å². The van der Waals surface area contributed by atoms with Crippen molar-refractivity contribution in [3.05, 3.63) is 101 Å². The Morgan fingerprint density at radius 3 is 2.41 bits per heavy atom. The lowest BCUT2D eigenvalue weighted by molar-refractivity contribution is 0.102. The topological polar surface area (TPSA) is 105 Å². The van der Waals surface area contributed by atoms with E-state index < -0.39 is 20.9 Å². The molecule has 34 heavy (non-hydrogen) atoms. The van der Waals surface area contributed by atoms with Gasteiger partial charge in [-0.15, -0.1) is 0 Å². The average molecular weight is 541 g/mol. The first kappa shape index (κ1) is 23.7. The number of halogens is 1. The lowest BCUT2D eigenvalue weighted by Crippen LogP contribution is -2.27. The van der Waals surface area contributed by atoms with Crippen LogP contribution in [0.2, 0.25) is 0 Å². The molecule has 0 aliphatic heterocycles. The van der Waals surface area contributed by atoms with Gasteiger partial charge in [-0.1, -0.05) is 46.3 Å². The Morgan fingerprint density at radius 2 is 1.76 bits per heavy atom. The maximum absolute atomic E-state index is 13.3. The van der Waals surface area contributed by atoms with Crippen LogP contribution in [0.5, 0.6) is 0 Å². The van der Waals surface area contributed by atoms with Crippen molar-refractivity contribution >= 4 is 43.0 Å². The summed E-state index contributed by atoms with van der Waals surface area (Å²) in [7, 11) is -3.73. The number of sulfone groups is 1. The fourth-order valence-electron chi connectivity index (χ4n) is 3.28. The highest BCUT2D eigenvalue weighted by Gasteiger charge is 2.24. The molecule has 0 atom stereocenters. The van der Waals surface area contributed by atoms with Crippen molar-refractivity contribution in [3.8, 4) is 0 Å². The summed E-state index contributed by atoms with van der Waals surface area (Å²) >= 11 is 3.36. The van der Waals surface area contributed by atoms with Crippen molar-refractivity contribution < 1.29 is 17.6 Å². The third-order valence-electron chi connectivity index (χ3n) is 4.88. The number of carbonyl (C=O) groups excluding carboxylic acids is 1. The fraction of sp³-hybridized carbons (Fsp3) is 0.125. The lowest BCUT2D eigenvalue weighted by atomic mass is 10.2. The van der Waals surface area contributed by atoms with Crippen LogP contribution in [0.15, 0.2) is 93.2 Å². The number of hydrogen-bond acceptors (Lipinski definition) is 7. The highest BCUT2D eigenvalue weighted by atomic mass is 79.9. The van der Waals surface area contributed by atoms with Crippen molar-refractivity contribution in [2.24, 2.45) is 0 Å². The Hall–Kier alpha value is -3.50. The number of amides is 1. The Balaban J connectivity index is 1.77. The Morgan fingerprint density at radius 1 is 1.03 bits per heavy atom. The van der Waals surface area contributed by atoms with Crippen LogP contribution in [0.25, 0.3) is 0 Å². The van der Waals surface area contributed by atoms with Gasteiger partial charge < -0.3 is 14.6 Å². The van der Waals surface area contributed by atoms with Gasteiger partial charge in [-0.2, -0.15) is 0 Å². The molecule has 2 aromatic heterocycles. The number of anilines is 2. The Kier molecular flexibility index (Phi) is 7.09. The van der Waals surface area contributed by atoms with E-state index in [0.29, 0.717) is 30.2 Å². The quantitative estimate of drug-likeness (QED) is 0.323. The zero-order chi connectivity index (χ0) is 24.1. The molecule has 2 heterocycles. The van der Waals surface area contributed by atoms with Crippen molar-refractivity contribution in [2.45, 2.75) is 18.2 Å². The predicted octanol–water partition coefficient (Wildman–Crippen LogP) is 4.69. The van der Waals surface area contributed by atoms with E-state index in [0.717, 1.165) is 16.3 Å². The van der Waals surface area contributed by atoms with Crippen LogP contribution in [0.3, 0.4) is 0 Å². The molecule has 0 aliphatic carbocycles. The third-order valence-corrected chi connectivity index (χ3v) is 6.27. The van der Waals surface area contributed by atoms with Crippen molar-refractivity contribution in [3.63, 3.8) is 0 Å². The number of nitrogens with one attached hydrogen (secondary N) is 1. The minimum Gasteiger partial charge on any atom is -0.467 e. The molecule has 0 saturated carbocycles. The van der Waals surface area contributed by atoms with E-state index in [1.54, 1.807) is 36.6 Å². The number of hydrogen-bond donors (Lipinski definition) is 1. The molecule has 2 aromatic carbocycles. The summed E-state index contributed by atoms with van der Waals surface area (Å²) in [5.41, 5.74) is 1.85. The van der Waals surface area contributed by atoms with Gasteiger partial charge in [0, 0.05) is 23.0 Å². The average Bonchev–Trinajstić information content (AvgIpc) is 3.33. The van der Waals surface area contributed by atoms with E-state index in [-0.39, 0.29) is 5.69 Å². The van der Waals surface area contributed by atoms with Gasteiger partial charge in [0.25, 0.3) is 5.91 Å². The minimum atomic E-state index is -3.73. The van der Waals surface area contributed by atoms with E-state index in [1.807, 2.05) is 41.3 Å². The van der Waals surface area contributed by atoms with Crippen LogP contribution in [0, 0.1) is 0 Å². The van der Waals surface area contributed by atoms with E-state index >= 15 is 0 Å². The van der Waals surface area contributed by atoms with Crippen molar-refractivity contribution in [1.29, 1.82) is 0 Å². The molecule has 0 spiro atoms. The predicted molar refractivity (Wildman–Crippen MR) is 132 cm³/mol. The monoisotopic (exact) mass is 540 g/mol. The molecule has 1 N–H and O–H groups in total. The fourth-order valence-corrected chi connectivity index (χ4v) is 4.05. The molecule has 4 rings (SSSR count). The standard InChI is InChI=1S/C24H21BrN4O4S/c1-34(31,32)24-26-14-21(22(28-24)23(30)27-19-11-9-18(25)10-12-19)29(16-20-8-5-13-33-20)15-17-6-3-2-4-7-17/h2-14H,15-16H2,1H3,(H,27,30). The molecule has 8 nitrogen and oxygen atoms in total. The second-order valence-electron chi connectivity index (χ2n) is 7.54. The summed E-state index contributed by atoms with van der Waals surface area (Å²) in [5, 5.41) is 2.37. The molecule has 1 amide bonds. The minimum absolute atomic E-state index is 0.0548. The lowest BCUT2D eigenvalue weighted by Gasteiger charge is -2.25. The van der Waals surface area contributed by atoms with E-state index in [9.17, 15) is 13.2 Å². The van der Waals surface area contributed by atoms with E-state index in [1.165, 1.54) is 6.20 Å². The highest BCUT2D eigenvalue weighted by molar-refractivity contribution is 9.10. The molecular weight excluding hydrogens is 520 g/mol. The largest absolute Gasteiger partial charge is 0.467 e. The zero-order valence-electron chi connectivity index (χ0n) is 18.2. The second kappa shape index (κ2) is 10.2. The van der Waals surface area contributed by atoms with Crippen LogP contribution in [0.1, 0.15) is 21.8 Å². The second-order valence-corrected chi connectivity index (χ2v) is 10.4. The van der Waals surface area contributed by atoms with Crippen molar-refractivity contribution in [1.82, 2.24) is 9.97 Å². The molecule has 0 fully saturated rings. The van der Waals surface area contributed by atoms with Gasteiger partial charge in [0.2, 0.25) is 15.0 Å². The van der Waals surface area contributed by atoms with Crippen LogP contribution in [0.4, 0.5) is 11.4 Å². The van der Waals surface area contributed by atoms with Crippen LogP contribution in [-0.2, 0) is 22.9 Å². The zero-order valence-corrected chi connectivity index (χ0v) is 20.6. The maximum Gasteiger partial charge on any atom is 0.276 e. The first-order valence-electron chi connectivity index (χ1n) is 10.2. The third kappa shape index (κ3) is 5.89. The molecule has 4 aromatic rings.